The molecule has 0 unspecified atom stereocenters. The Morgan fingerprint density at radius 1 is 1.12 bits per heavy atom. The molecule has 1 aliphatic carbocycles. The van der Waals surface area contributed by atoms with Crippen molar-refractivity contribution in [2.24, 2.45) is 0 Å². The highest BCUT2D eigenvalue weighted by Gasteiger charge is 2.37. The summed E-state index contributed by atoms with van der Waals surface area (Å²) in [6, 6.07) is 8.08. The largest absolute Gasteiger partial charge is 0.356 e. The molecular formula is C19H20FN3O3. The van der Waals surface area contributed by atoms with Crippen molar-refractivity contribution in [3.63, 3.8) is 0 Å². The first-order valence-corrected chi connectivity index (χ1v) is 8.94. The molecule has 1 aliphatic heterocycles. The Balaban J connectivity index is 1.44. The lowest BCUT2D eigenvalue weighted by molar-refractivity contribution is -0.158. The summed E-state index contributed by atoms with van der Waals surface area (Å²) in [5.74, 6) is -1.02. The van der Waals surface area contributed by atoms with Crippen molar-refractivity contribution in [1.29, 1.82) is 0 Å². The maximum Gasteiger partial charge on any atom is 0.312 e. The van der Waals surface area contributed by atoms with E-state index in [4.69, 9.17) is 4.52 Å². The highest BCUT2D eigenvalue weighted by atomic mass is 19.1. The van der Waals surface area contributed by atoms with Crippen LogP contribution in [-0.4, -0.2) is 45.9 Å². The molecule has 1 saturated heterocycles. The summed E-state index contributed by atoms with van der Waals surface area (Å²) >= 11 is 0. The van der Waals surface area contributed by atoms with Gasteiger partial charge in [-0.05, 0) is 25.0 Å². The Morgan fingerprint density at radius 2 is 1.88 bits per heavy atom. The maximum absolute atomic E-state index is 13.8. The summed E-state index contributed by atoms with van der Waals surface area (Å²) in [6.07, 6.45) is 4.19. The van der Waals surface area contributed by atoms with Gasteiger partial charge >= 0.3 is 11.8 Å². The van der Waals surface area contributed by atoms with Crippen LogP contribution in [-0.2, 0) is 16.1 Å². The summed E-state index contributed by atoms with van der Waals surface area (Å²) in [6.45, 7) is 1.21. The van der Waals surface area contributed by atoms with Gasteiger partial charge in [0.25, 0.3) is 0 Å². The average Bonchev–Trinajstić information content (AvgIpc) is 3.32. The van der Waals surface area contributed by atoms with Crippen molar-refractivity contribution >= 4 is 11.8 Å². The minimum absolute atomic E-state index is 0.182. The van der Waals surface area contributed by atoms with E-state index in [0.717, 1.165) is 25.7 Å². The van der Waals surface area contributed by atoms with Gasteiger partial charge in [0.2, 0.25) is 0 Å². The molecule has 0 atom stereocenters. The van der Waals surface area contributed by atoms with E-state index in [0.29, 0.717) is 30.1 Å². The van der Waals surface area contributed by atoms with Crippen molar-refractivity contribution in [2.75, 3.05) is 13.1 Å². The van der Waals surface area contributed by atoms with Crippen molar-refractivity contribution in [3.05, 3.63) is 41.8 Å². The quantitative estimate of drug-likeness (QED) is 0.789. The standard InChI is InChI=1S/C19H20FN3O3/c20-16-8-4-3-7-15(16)17-11-13(21-26-17)12-22-9-10-23(19(25)18(22)24)14-5-1-2-6-14/h3-4,7-8,11,14H,1-2,5-6,9-10,12H2. The maximum atomic E-state index is 13.8. The molecule has 7 heteroatoms. The van der Waals surface area contributed by atoms with Gasteiger partial charge in [-0.1, -0.05) is 30.1 Å². The highest BCUT2D eigenvalue weighted by molar-refractivity contribution is 6.35. The molecule has 26 heavy (non-hydrogen) atoms. The fourth-order valence-corrected chi connectivity index (χ4v) is 3.77. The van der Waals surface area contributed by atoms with Crippen LogP contribution in [0, 0.1) is 5.82 Å². The predicted molar refractivity (Wildman–Crippen MR) is 91.3 cm³/mol. The van der Waals surface area contributed by atoms with Crippen molar-refractivity contribution in [2.45, 2.75) is 38.3 Å². The lowest BCUT2D eigenvalue weighted by Gasteiger charge is -2.36. The predicted octanol–water partition coefficient (Wildman–Crippen LogP) is 2.59. The van der Waals surface area contributed by atoms with Crippen LogP contribution in [0.2, 0.25) is 0 Å². The van der Waals surface area contributed by atoms with Crippen LogP contribution >= 0.6 is 0 Å². The first kappa shape index (κ1) is 16.8. The van der Waals surface area contributed by atoms with Crippen molar-refractivity contribution < 1.29 is 18.5 Å². The van der Waals surface area contributed by atoms with E-state index in [9.17, 15) is 14.0 Å². The van der Waals surface area contributed by atoms with E-state index in [1.165, 1.54) is 11.0 Å². The van der Waals surface area contributed by atoms with Gasteiger partial charge in [0.1, 0.15) is 11.5 Å². The van der Waals surface area contributed by atoms with Gasteiger partial charge < -0.3 is 14.3 Å². The molecule has 2 heterocycles. The minimum atomic E-state index is -0.501. The van der Waals surface area contributed by atoms with Gasteiger partial charge in [-0.3, -0.25) is 9.59 Å². The van der Waals surface area contributed by atoms with E-state index in [1.54, 1.807) is 29.2 Å². The third kappa shape index (κ3) is 3.09. The number of carbonyl (C=O) groups is 2. The molecule has 2 aliphatic rings. The smallest absolute Gasteiger partial charge is 0.312 e. The molecule has 2 amide bonds. The van der Waals surface area contributed by atoms with E-state index >= 15 is 0 Å². The number of carbonyl (C=O) groups excluding carboxylic acids is 2. The number of piperazine rings is 1. The van der Waals surface area contributed by atoms with Crippen LogP contribution < -0.4 is 0 Å². The molecule has 1 aromatic carbocycles. The van der Waals surface area contributed by atoms with Gasteiger partial charge in [0.05, 0.1) is 12.1 Å². The number of benzene rings is 1. The molecule has 6 nitrogen and oxygen atoms in total. The van der Waals surface area contributed by atoms with Gasteiger partial charge in [-0.2, -0.15) is 0 Å². The lowest BCUT2D eigenvalue weighted by Crippen LogP contribution is -2.56. The molecular weight excluding hydrogens is 337 g/mol. The fraction of sp³-hybridized carbons (Fsp3) is 0.421. The van der Waals surface area contributed by atoms with Crippen LogP contribution in [0.3, 0.4) is 0 Å². The Bertz CT molecular complexity index is 829. The Labute approximate surface area is 150 Å². The Kier molecular flexibility index (Phi) is 4.44. The molecule has 2 fully saturated rings. The summed E-state index contributed by atoms with van der Waals surface area (Å²) in [4.78, 5) is 28.1. The third-order valence-corrected chi connectivity index (χ3v) is 5.16. The number of aromatic nitrogens is 1. The van der Waals surface area contributed by atoms with Crippen LogP contribution in [0.1, 0.15) is 31.4 Å². The zero-order valence-electron chi connectivity index (χ0n) is 14.4. The van der Waals surface area contributed by atoms with Gasteiger partial charge in [-0.25, -0.2) is 4.39 Å². The Hall–Kier alpha value is -2.70. The van der Waals surface area contributed by atoms with E-state index in [-0.39, 0.29) is 12.6 Å². The molecule has 1 aromatic heterocycles. The molecule has 136 valence electrons. The number of nitrogens with zero attached hydrogens (tertiary/aromatic N) is 3. The molecule has 0 spiro atoms. The van der Waals surface area contributed by atoms with Crippen LogP contribution in [0.25, 0.3) is 11.3 Å². The average molecular weight is 357 g/mol. The van der Waals surface area contributed by atoms with Gasteiger partial charge in [0, 0.05) is 25.2 Å². The summed E-state index contributed by atoms with van der Waals surface area (Å²) in [5, 5.41) is 3.92. The van der Waals surface area contributed by atoms with Crippen LogP contribution in [0.15, 0.2) is 34.9 Å². The van der Waals surface area contributed by atoms with Crippen molar-refractivity contribution in [3.8, 4) is 11.3 Å². The van der Waals surface area contributed by atoms with Gasteiger partial charge in [0.15, 0.2) is 5.76 Å². The van der Waals surface area contributed by atoms with E-state index in [1.807, 2.05) is 0 Å². The molecule has 1 saturated carbocycles. The fourth-order valence-electron chi connectivity index (χ4n) is 3.77. The third-order valence-electron chi connectivity index (χ3n) is 5.16. The second kappa shape index (κ2) is 6.90. The molecule has 0 radical (unpaired) electrons. The molecule has 2 aromatic rings. The number of halogens is 1. The second-order valence-electron chi connectivity index (χ2n) is 6.83. The first-order valence-electron chi connectivity index (χ1n) is 8.94. The second-order valence-corrected chi connectivity index (χ2v) is 6.83. The molecule has 4 rings (SSSR count). The number of hydrogen-bond acceptors (Lipinski definition) is 4. The van der Waals surface area contributed by atoms with E-state index < -0.39 is 17.6 Å². The first-order chi connectivity index (χ1) is 12.6. The summed E-state index contributed by atoms with van der Waals surface area (Å²) < 4.78 is 19.1. The highest BCUT2D eigenvalue weighted by Crippen LogP contribution is 2.26. The van der Waals surface area contributed by atoms with Crippen LogP contribution in [0.4, 0.5) is 4.39 Å². The number of amides is 2. The number of rotatable bonds is 4. The van der Waals surface area contributed by atoms with Crippen molar-refractivity contribution in [1.82, 2.24) is 15.0 Å². The minimum Gasteiger partial charge on any atom is -0.356 e. The summed E-state index contributed by atoms with van der Waals surface area (Å²) in [5.41, 5.74) is 0.818. The topological polar surface area (TPSA) is 66.7 Å². The van der Waals surface area contributed by atoms with E-state index in [2.05, 4.69) is 5.16 Å². The number of hydrogen-bond donors (Lipinski definition) is 0. The monoisotopic (exact) mass is 357 g/mol. The Morgan fingerprint density at radius 3 is 2.65 bits per heavy atom. The normalized spacial score (nSPS) is 18.8. The zero-order chi connectivity index (χ0) is 18.1. The van der Waals surface area contributed by atoms with Gasteiger partial charge in [-0.15, -0.1) is 0 Å². The summed E-state index contributed by atoms with van der Waals surface area (Å²) in [7, 11) is 0. The SMILES string of the molecule is O=C1C(=O)N(C2CCCC2)CCN1Cc1cc(-c2ccccc2F)on1. The zero-order valence-corrected chi connectivity index (χ0v) is 14.4. The molecule has 0 N–H and O–H groups in total. The lowest BCUT2D eigenvalue weighted by atomic mass is 10.1. The van der Waals surface area contributed by atoms with Crippen LogP contribution in [0.5, 0.6) is 0 Å². The molecule has 0 bridgehead atoms.